The van der Waals surface area contributed by atoms with Crippen LogP contribution in [0.25, 0.3) is 10.8 Å². The monoisotopic (exact) mass is 337 g/mol. The highest BCUT2D eigenvalue weighted by atomic mass is 16.5. The van der Waals surface area contributed by atoms with Crippen LogP contribution in [0.4, 0.5) is 5.69 Å². The van der Waals surface area contributed by atoms with Crippen LogP contribution in [0.3, 0.4) is 0 Å². The molecule has 25 heavy (non-hydrogen) atoms. The summed E-state index contributed by atoms with van der Waals surface area (Å²) in [6.07, 6.45) is 0. The summed E-state index contributed by atoms with van der Waals surface area (Å²) in [5.74, 6) is -1.78. The zero-order valence-electron chi connectivity index (χ0n) is 13.3. The molecule has 2 N–H and O–H groups in total. The average Bonchev–Trinajstić information content (AvgIpc) is 2.66. The molecular formula is C19H15NO5. The number of aromatic hydroxyl groups is 1. The molecule has 0 heterocycles. The summed E-state index contributed by atoms with van der Waals surface area (Å²) in [5, 5.41) is 22.3. The molecule has 0 bridgehead atoms. The average molecular weight is 337 g/mol. The third kappa shape index (κ3) is 2.90. The van der Waals surface area contributed by atoms with Gasteiger partial charge in [0, 0.05) is 5.39 Å². The van der Waals surface area contributed by atoms with Crippen LogP contribution >= 0.6 is 0 Å². The van der Waals surface area contributed by atoms with E-state index in [2.05, 4.69) is 4.74 Å². The SMILES string of the molecule is COC(=O)c1ccccc1C(=O)N(O)c1ccc2ccccc2c1O. The van der Waals surface area contributed by atoms with Gasteiger partial charge in [-0.1, -0.05) is 42.5 Å². The first kappa shape index (κ1) is 16.5. The number of carbonyl (C=O) groups excluding carboxylic acids is 2. The highest BCUT2D eigenvalue weighted by Gasteiger charge is 2.24. The Morgan fingerprint density at radius 1 is 0.920 bits per heavy atom. The summed E-state index contributed by atoms with van der Waals surface area (Å²) in [7, 11) is 1.20. The molecule has 0 aromatic heterocycles. The van der Waals surface area contributed by atoms with Gasteiger partial charge in [-0.25, -0.2) is 4.79 Å². The Labute approximate surface area is 143 Å². The van der Waals surface area contributed by atoms with Crippen molar-refractivity contribution in [1.29, 1.82) is 0 Å². The number of fused-ring (bicyclic) bond motifs is 1. The summed E-state index contributed by atoms with van der Waals surface area (Å²) >= 11 is 0. The number of rotatable bonds is 3. The predicted octanol–water partition coefficient (Wildman–Crippen LogP) is 3.37. The number of esters is 1. The fourth-order valence-corrected chi connectivity index (χ4v) is 2.60. The van der Waals surface area contributed by atoms with E-state index in [0.29, 0.717) is 10.4 Å². The number of hydrogen-bond donors (Lipinski definition) is 2. The lowest BCUT2D eigenvalue weighted by atomic mass is 10.1. The second-order valence-corrected chi connectivity index (χ2v) is 5.31. The van der Waals surface area contributed by atoms with Gasteiger partial charge in [-0.2, -0.15) is 5.06 Å². The molecule has 3 aromatic rings. The molecule has 3 rings (SSSR count). The zero-order chi connectivity index (χ0) is 18.0. The molecule has 0 saturated heterocycles. The first-order chi connectivity index (χ1) is 12.0. The van der Waals surface area contributed by atoms with E-state index in [9.17, 15) is 19.9 Å². The minimum absolute atomic E-state index is 0.0225. The van der Waals surface area contributed by atoms with Crippen LogP contribution in [-0.2, 0) is 4.74 Å². The van der Waals surface area contributed by atoms with E-state index in [1.807, 2.05) is 6.07 Å². The zero-order valence-corrected chi connectivity index (χ0v) is 13.3. The van der Waals surface area contributed by atoms with Crippen LogP contribution in [0.15, 0.2) is 60.7 Å². The molecule has 3 aromatic carbocycles. The van der Waals surface area contributed by atoms with Crippen LogP contribution in [0, 0.1) is 0 Å². The van der Waals surface area contributed by atoms with E-state index in [4.69, 9.17) is 0 Å². The maximum Gasteiger partial charge on any atom is 0.338 e. The summed E-state index contributed by atoms with van der Waals surface area (Å²) < 4.78 is 4.65. The van der Waals surface area contributed by atoms with Crippen molar-refractivity contribution < 1.29 is 24.6 Å². The van der Waals surface area contributed by atoms with Gasteiger partial charge in [0.05, 0.1) is 18.2 Å². The Morgan fingerprint density at radius 2 is 1.56 bits per heavy atom. The number of hydroxylamine groups is 1. The van der Waals surface area contributed by atoms with E-state index in [1.54, 1.807) is 36.4 Å². The van der Waals surface area contributed by atoms with Gasteiger partial charge in [0.25, 0.3) is 5.91 Å². The predicted molar refractivity (Wildman–Crippen MR) is 92.0 cm³/mol. The van der Waals surface area contributed by atoms with Gasteiger partial charge in [-0.05, 0) is 23.6 Å². The third-order valence-electron chi connectivity index (χ3n) is 3.86. The second-order valence-electron chi connectivity index (χ2n) is 5.31. The lowest BCUT2D eigenvalue weighted by molar-refractivity contribution is 0.0595. The Kier molecular flexibility index (Phi) is 4.36. The van der Waals surface area contributed by atoms with Crippen molar-refractivity contribution >= 4 is 28.3 Å². The topological polar surface area (TPSA) is 87.1 Å². The Hall–Kier alpha value is -3.38. The molecule has 0 saturated carbocycles. The molecule has 0 fully saturated rings. The van der Waals surface area contributed by atoms with Gasteiger partial charge in [-0.15, -0.1) is 0 Å². The number of phenolic OH excluding ortho intramolecular Hbond substituents is 1. The van der Waals surface area contributed by atoms with Crippen molar-refractivity contribution in [2.75, 3.05) is 12.2 Å². The normalized spacial score (nSPS) is 10.5. The maximum atomic E-state index is 12.6. The van der Waals surface area contributed by atoms with Crippen molar-refractivity contribution in [2.24, 2.45) is 0 Å². The number of amides is 1. The van der Waals surface area contributed by atoms with Gasteiger partial charge in [-0.3, -0.25) is 10.0 Å². The van der Waals surface area contributed by atoms with Gasteiger partial charge < -0.3 is 9.84 Å². The first-order valence-electron chi connectivity index (χ1n) is 7.46. The van der Waals surface area contributed by atoms with Crippen LogP contribution < -0.4 is 5.06 Å². The Bertz CT molecular complexity index is 967. The molecule has 1 amide bonds. The van der Waals surface area contributed by atoms with Crippen LogP contribution in [0.5, 0.6) is 5.75 Å². The number of anilines is 1. The lowest BCUT2D eigenvalue weighted by Gasteiger charge is -2.18. The minimum Gasteiger partial charge on any atom is -0.505 e. The number of hydrogen-bond acceptors (Lipinski definition) is 5. The highest BCUT2D eigenvalue weighted by Crippen LogP contribution is 2.35. The number of nitrogens with zero attached hydrogens (tertiary/aromatic N) is 1. The van der Waals surface area contributed by atoms with E-state index < -0.39 is 11.9 Å². The number of methoxy groups -OCH3 is 1. The van der Waals surface area contributed by atoms with Crippen molar-refractivity contribution in [1.82, 2.24) is 0 Å². The first-order valence-corrected chi connectivity index (χ1v) is 7.46. The number of phenols is 1. The molecule has 6 heteroatoms. The molecule has 0 radical (unpaired) electrons. The van der Waals surface area contributed by atoms with Gasteiger partial charge in [0.15, 0.2) is 0 Å². The molecular weight excluding hydrogens is 322 g/mol. The highest BCUT2D eigenvalue weighted by molar-refractivity contribution is 6.12. The van der Waals surface area contributed by atoms with Crippen molar-refractivity contribution in [2.45, 2.75) is 0 Å². The molecule has 0 atom stereocenters. The van der Waals surface area contributed by atoms with Crippen LogP contribution in [0.2, 0.25) is 0 Å². The second kappa shape index (κ2) is 6.62. The Balaban J connectivity index is 2.05. The lowest BCUT2D eigenvalue weighted by Crippen LogP contribution is -2.28. The molecule has 0 unspecified atom stereocenters. The Morgan fingerprint density at radius 3 is 2.28 bits per heavy atom. The molecule has 0 aliphatic rings. The van der Waals surface area contributed by atoms with E-state index >= 15 is 0 Å². The summed E-state index contributed by atoms with van der Waals surface area (Å²) in [4.78, 5) is 24.4. The largest absolute Gasteiger partial charge is 0.505 e. The fourth-order valence-electron chi connectivity index (χ4n) is 2.60. The summed E-state index contributed by atoms with van der Waals surface area (Å²) in [6.45, 7) is 0. The molecule has 0 aliphatic carbocycles. The molecule has 126 valence electrons. The third-order valence-corrected chi connectivity index (χ3v) is 3.86. The summed E-state index contributed by atoms with van der Waals surface area (Å²) in [5.41, 5.74) is -0.0953. The van der Waals surface area contributed by atoms with Crippen molar-refractivity contribution in [3.8, 4) is 5.75 Å². The van der Waals surface area contributed by atoms with E-state index in [0.717, 1.165) is 5.39 Å². The van der Waals surface area contributed by atoms with Gasteiger partial charge in [0.1, 0.15) is 11.4 Å². The van der Waals surface area contributed by atoms with Crippen molar-refractivity contribution in [3.63, 3.8) is 0 Å². The minimum atomic E-state index is -0.855. The number of benzene rings is 3. The fraction of sp³-hybridized carbons (Fsp3) is 0.0526. The smallest absolute Gasteiger partial charge is 0.338 e. The van der Waals surface area contributed by atoms with Gasteiger partial charge >= 0.3 is 5.97 Å². The van der Waals surface area contributed by atoms with Gasteiger partial charge in [0.2, 0.25) is 0 Å². The summed E-state index contributed by atoms with van der Waals surface area (Å²) in [6, 6.07) is 16.1. The standard InChI is InChI=1S/C19H15NO5/c1-25-19(23)15-9-5-4-8-14(15)18(22)20(24)16-11-10-12-6-2-3-7-13(12)17(16)21/h2-11,21,24H,1H3. The molecule has 6 nitrogen and oxygen atoms in total. The maximum absolute atomic E-state index is 12.6. The molecule has 0 aliphatic heterocycles. The van der Waals surface area contributed by atoms with Crippen LogP contribution in [-0.4, -0.2) is 29.3 Å². The molecule has 0 spiro atoms. The van der Waals surface area contributed by atoms with Crippen molar-refractivity contribution in [3.05, 3.63) is 71.8 Å². The van der Waals surface area contributed by atoms with Crippen LogP contribution in [0.1, 0.15) is 20.7 Å². The number of ether oxygens (including phenoxy) is 1. The quantitative estimate of drug-likeness (QED) is 0.435. The number of carbonyl (C=O) groups is 2. The van der Waals surface area contributed by atoms with E-state index in [-0.39, 0.29) is 22.6 Å². The van der Waals surface area contributed by atoms with E-state index in [1.165, 1.54) is 25.3 Å².